The maximum Gasteiger partial charge on any atom is 0.343 e. The van der Waals surface area contributed by atoms with Gasteiger partial charge in [-0.05, 0) is 36.8 Å². The van der Waals surface area contributed by atoms with Crippen LogP contribution in [0.25, 0.3) is 0 Å². The molecule has 1 aromatic heterocycles. The van der Waals surface area contributed by atoms with Crippen molar-refractivity contribution in [3.63, 3.8) is 0 Å². The summed E-state index contributed by atoms with van der Waals surface area (Å²) in [5.74, 6) is -1.61. The van der Waals surface area contributed by atoms with Crippen LogP contribution in [0.15, 0.2) is 57.7 Å². The number of hydrogen-bond donors (Lipinski definition) is 1. The van der Waals surface area contributed by atoms with E-state index in [4.69, 9.17) is 30.9 Å². The van der Waals surface area contributed by atoms with Crippen molar-refractivity contribution in [3.8, 4) is 17.6 Å². The Balaban J connectivity index is 1.72. The Morgan fingerprint density at radius 2 is 2.03 bits per heavy atom. The molecule has 2 heterocycles. The topological polar surface area (TPSA) is 96.3 Å². The molecule has 0 saturated heterocycles. The van der Waals surface area contributed by atoms with E-state index in [0.29, 0.717) is 17.1 Å². The third kappa shape index (κ3) is 3.90. The van der Waals surface area contributed by atoms with Gasteiger partial charge in [0, 0.05) is 17.5 Å². The molecule has 0 amide bonds. The lowest BCUT2D eigenvalue weighted by Crippen LogP contribution is -2.34. The zero-order valence-electron chi connectivity index (χ0n) is 16.3. The van der Waals surface area contributed by atoms with Gasteiger partial charge in [0.25, 0.3) is 0 Å². The Bertz CT molecular complexity index is 1260. The highest BCUT2D eigenvalue weighted by Gasteiger charge is 2.39. The fraction of sp³-hybridized carbons (Fsp3) is 0.174. The van der Waals surface area contributed by atoms with Crippen LogP contribution in [0.3, 0.4) is 0 Å². The number of nitriles is 1. The number of ether oxygens (including phenoxy) is 2. The molecule has 2 unspecified atom stereocenters. The Hall–Kier alpha value is -3.63. The maximum absolute atomic E-state index is 14.0. The van der Waals surface area contributed by atoms with Gasteiger partial charge in [0.05, 0.1) is 16.7 Å². The van der Waals surface area contributed by atoms with E-state index in [-0.39, 0.29) is 34.4 Å². The lowest BCUT2D eigenvalue weighted by atomic mass is 9.80. The zero-order valence-corrected chi connectivity index (χ0v) is 17.1. The molecule has 4 rings (SSSR count). The molecular weight excluding hydrogens is 423 g/mol. The second-order valence-corrected chi connectivity index (χ2v) is 7.44. The molecule has 1 N–H and O–H groups in total. The molecule has 31 heavy (non-hydrogen) atoms. The number of nitrogens with zero attached hydrogens (tertiary/aromatic N) is 1. The molecule has 1 aliphatic rings. The minimum atomic E-state index is -1.02. The van der Waals surface area contributed by atoms with E-state index in [9.17, 15) is 14.4 Å². The summed E-state index contributed by atoms with van der Waals surface area (Å²) in [6.07, 6.45) is 0. The standard InChI is InChI=1S/C23H16ClFN2O4/c1-12-8-19-21(23(28)30-12)20(15(10-26)22(27)31-19)13-4-2-5-14(9-13)29-11-16-17(24)6-3-7-18(16)25/h2-9,15,20,27H,11H2,1H3. The summed E-state index contributed by atoms with van der Waals surface area (Å²) < 4.78 is 30.4. The Labute approximate surface area is 181 Å². The van der Waals surface area contributed by atoms with Gasteiger partial charge in [-0.2, -0.15) is 5.26 Å². The molecule has 1 aliphatic heterocycles. The Morgan fingerprint density at radius 3 is 2.77 bits per heavy atom. The van der Waals surface area contributed by atoms with Gasteiger partial charge in [0.1, 0.15) is 35.6 Å². The van der Waals surface area contributed by atoms with Crippen molar-refractivity contribution in [2.24, 2.45) is 5.92 Å². The van der Waals surface area contributed by atoms with E-state index in [1.807, 2.05) is 6.07 Å². The molecule has 0 radical (unpaired) electrons. The van der Waals surface area contributed by atoms with E-state index in [2.05, 4.69) is 0 Å². The number of halogens is 2. The first-order valence-corrected chi connectivity index (χ1v) is 9.73. The summed E-state index contributed by atoms with van der Waals surface area (Å²) in [6, 6.07) is 14.7. The number of hydrogen-bond acceptors (Lipinski definition) is 6. The van der Waals surface area contributed by atoms with Crippen molar-refractivity contribution >= 4 is 17.5 Å². The Kier molecular flexibility index (Phi) is 5.49. The zero-order chi connectivity index (χ0) is 22.1. The molecule has 0 spiro atoms. The monoisotopic (exact) mass is 438 g/mol. The van der Waals surface area contributed by atoms with Crippen LogP contribution in [-0.2, 0) is 6.61 Å². The van der Waals surface area contributed by atoms with Crippen LogP contribution in [0, 0.1) is 35.4 Å². The average Bonchev–Trinajstić information content (AvgIpc) is 2.72. The SMILES string of the molecule is Cc1cc2c(c(=O)o1)C(c1cccc(OCc3c(F)cccc3Cl)c1)C(C#N)C(=N)O2. The molecule has 0 bridgehead atoms. The quantitative estimate of drug-likeness (QED) is 0.621. The lowest BCUT2D eigenvalue weighted by molar-refractivity contribution is 0.299. The van der Waals surface area contributed by atoms with Crippen LogP contribution in [0.1, 0.15) is 28.4 Å². The summed E-state index contributed by atoms with van der Waals surface area (Å²) in [5, 5.41) is 18.0. The molecule has 156 valence electrons. The highest BCUT2D eigenvalue weighted by molar-refractivity contribution is 6.31. The number of rotatable bonds is 4. The molecule has 0 fully saturated rings. The van der Waals surface area contributed by atoms with E-state index in [1.54, 1.807) is 37.3 Å². The normalized spacial score (nSPS) is 17.4. The van der Waals surface area contributed by atoms with Crippen LogP contribution in [0.2, 0.25) is 5.02 Å². The van der Waals surface area contributed by atoms with Gasteiger partial charge in [0.15, 0.2) is 0 Å². The number of benzene rings is 2. The van der Waals surface area contributed by atoms with Crippen molar-refractivity contribution in [2.45, 2.75) is 19.4 Å². The van der Waals surface area contributed by atoms with Crippen molar-refractivity contribution in [2.75, 3.05) is 0 Å². The molecule has 8 heteroatoms. The highest BCUT2D eigenvalue weighted by Crippen LogP contribution is 2.41. The lowest BCUT2D eigenvalue weighted by Gasteiger charge is -2.29. The fourth-order valence-corrected chi connectivity index (χ4v) is 3.79. The second kappa shape index (κ2) is 8.25. The van der Waals surface area contributed by atoms with E-state index < -0.39 is 23.3 Å². The number of nitrogens with one attached hydrogen (secondary N) is 1. The Morgan fingerprint density at radius 1 is 1.26 bits per heavy atom. The van der Waals surface area contributed by atoms with Gasteiger partial charge in [-0.3, -0.25) is 5.41 Å². The molecule has 0 aliphatic carbocycles. The summed E-state index contributed by atoms with van der Waals surface area (Å²) in [5.41, 5.74) is 0.326. The third-order valence-corrected chi connectivity index (χ3v) is 5.38. The van der Waals surface area contributed by atoms with Crippen LogP contribution >= 0.6 is 11.6 Å². The van der Waals surface area contributed by atoms with Gasteiger partial charge >= 0.3 is 5.63 Å². The first-order valence-electron chi connectivity index (χ1n) is 9.35. The number of aryl methyl sites for hydroxylation is 1. The average molecular weight is 439 g/mol. The smallest absolute Gasteiger partial charge is 0.343 e. The minimum Gasteiger partial charge on any atom is -0.489 e. The first kappa shape index (κ1) is 20.6. The molecular formula is C23H16ClFN2O4. The molecule has 6 nitrogen and oxygen atoms in total. The molecule has 2 atom stereocenters. The van der Waals surface area contributed by atoms with Gasteiger partial charge in [0.2, 0.25) is 5.90 Å². The van der Waals surface area contributed by atoms with Gasteiger partial charge < -0.3 is 13.9 Å². The summed E-state index contributed by atoms with van der Waals surface area (Å²) in [6.45, 7) is 1.50. The van der Waals surface area contributed by atoms with E-state index >= 15 is 0 Å². The second-order valence-electron chi connectivity index (χ2n) is 7.03. The summed E-state index contributed by atoms with van der Waals surface area (Å²) in [7, 11) is 0. The predicted octanol–water partition coefficient (Wildman–Crippen LogP) is 4.96. The van der Waals surface area contributed by atoms with Gasteiger partial charge in [-0.15, -0.1) is 0 Å². The van der Waals surface area contributed by atoms with Crippen LogP contribution < -0.4 is 15.1 Å². The summed E-state index contributed by atoms with van der Waals surface area (Å²) >= 11 is 6.05. The predicted molar refractivity (Wildman–Crippen MR) is 111 cm³/mol. The van der Waals surface area contributed by atoms with Crippen LogP contribution in [-0.4, -0.2) is 5.90 Å². The van der Waals surface area contributed by atoms with E-state index in [1.165, 1.54) is 18.2 Å². The first-order chi connectivity index (χ1) is 14.9. The van der Waals surface area contributed by atoms with Crippen molar-refractivity contribution in [3.05, 3.63) is 92.2 Å². The van der Waals surface area contributed by atoms with Crippen LogP contribution in [0.5, 0.6) is 11.5 Å². The number of fused-ring (bicyclic) bond motifs is 1. The van der Waals surface area contributed by atoms with E-state index in [0.717, 1.165) is 0 Å². The fourth-order valence-electron chi connectivity index (χ4n) is 3.57. The third-order valence-electron chi connectivity index (χ3n) is 5.02. The summed E-state index contributed by atoms with van der Waals surface area (Å²) in [4.78, 5) is 12.6. The van der Waals surface area contributed by atoms with Gasteiger partial charge in [-0.1, -0.05) is 29.8 Å². The van der Waals surface area contributed by atoms with Crippen LogP contribution in [0.4, 0.5) is 4.39 Å². The molecule has 2 aromatic carbocycles. The van der Waals surface area contributed by atoms with Crippen molar-refractivity contribution < 1.29 is 18.3 Å². The van der Waals surface area contributed by atoms with Crippen molar-refractivity contribution in [1.82, 2.24) is 0 Å². The maximum atomic E-state index is 14.0. The van der Waals surface area contributed by atoms with Crippen molar-refractivity contribution in [1.29, 1.82) is 10.7 Å². The molecule has 0 saturated carbocycles. The highest BCUT2D eigenvalue weighted by atomic mass is 35.5. The minimum absolute atomic E-state index is 0.0991. The largest absolute Gasteiger partial charge is 0.489 e. The molecule has 3 aromatic rings. The van der Waals surface area contributed by atoms with Gasteiger partial charge in [-0.25, -0.2) is 9.18 Å².